The Morgan fingerprint density at radius 3 is 2.48 bits per heavy atom. The number of rotatable bonds is 8. The number of nitrogens with zero attached hydrogens (tertiary/aromatic N) is 1. The van der Waals surface area contributed by atoms with E-state index in [-0.39, 0.29) is 17.7 Å². The van der Waals surface area contributed by atoms with E-state index in [0.717, 1.165) is 55.5 Å². The minimum Gasteiger partial charge on any atom is -0.492 e. The minimum atomic E-state index is -0.472. The lowest BCUT2D eigenvalue weighted by Gasteiger charge is -2.33. The lowest BCUT2D eigenvalue weighted by molar-refractivity contribution is -0.127. The lowest BCUT2D eigenvalue weighted by Crippen LogP contribution is -2.43. The van der Waals surface area contributed by atoms with Gasteiger partial charge in [-0.3, -0.25) is 9.69 Å². The zero-order valence-electron chi connectivity index (χ0n) is 18.9. The Bertz CT molecular complexity index is 1000. The first-order chi connectivity index (χ1) is 16.1. The molecule has 2 aromatic rings. The number of piperidine rings is 1. The van der Waals surface area contributed by atoms with Crippen molar-refractivity contribution in [3.05, 3.63) is 83.7 Å². The summed E-state index contributed by atoms with van der Waals surface area (Å²) in [6.07, 6.45) is 6.62. The van der Waals surface area contributed by atoms with Gasteiger partial charge in [-0.25, -0.2) is 4.39 Å². The molecule has 0 saturated carbocycles. The standard InChI is InChI=1S/C27H32FN2O2P/c28-24-12-6-4-10-22(24)26(23-11-5-7-13-25(23)33)29-27(31)20-14-16-30(17-15-20)18-19-32-21-8-2-1-3-9-21/h1-3,5,7-13,20,26H,4,6,14-19,33H2,(H,29,31). The summed E-state index contributed by atoms with van der Waals surface area (Å²) in [7, 11) is 2.71. The summed E-state index contributed by atoms with van der Waals surface area (Å²) in [5, 5.41) is 4.15. The maximum atomic E-state index is 14.7. The van der Waals surface area contributed by atoms with Gasteiger partial charge in [-0.05, 0) is 67.8 Å². The van der Waals surface area contributed by atoms with Crippen LogP contribution in [0.15, 0.2) is 78.1 Å². The number of carbonyl (C=O) groups excluding carboxylic acids is 1. The van der Waals surface area contributed by atoms with Gasteiger partial charge < -0.3 is 10.1 Å². The summed E-state index contributed by atoms with van der Waals surface area (Å²) in [6, 6.07) is 17.2. The van der Waals surface area contributed by atoms with Crippen LogP contribution in [0.5, 0.6) is 5.75 Å². The molecule has 0 spiro atoms. The van der Waals surface area contributed by atoms with Crippen LogP contribution in [0.1, 0.15) is 37.3 Å². The normalized spacial score (nSPS) is 18.2. The second kappa shape index (κ2) is 11.6. The molecule has 2 aromatic carbocycles. The summed E-state index contributed by atoms with van der Waals surface area (Å²) < 4.78 is 20.5. The van der Waals surface area contributed by atoms with Gasteiger partial charge >= 0.3 is 0 Å². The number of carbonyl (C=O) groups is 1. The van der Waals surface area contributed by atoms with Crippen molar-refractivity contribution in [2.45, 2.75) is 31.7 Å². The van der Waals surface area contributed by atoms with Crippen LogP contribution in [-0.4, -0.2) is 37.0 Å². The molecule has 0 aromatic heterocycles. The molecule has 174 valence electrons. The molecule has 6 heteroatoms. The Morgan fingerprint density at radius 1 is 1.06 bits per heavy atom. The van der Waals surface area contributed by atoms with E-state index in [0.29, 0.717) is 18.6 Å². The van der Waals surface area contributed by atoms with Crippen molar-refractivity contribution in [2.75, 3.05) is 26.2 Å². The summed E-state index contributed by atoms with van der Waals surface area (Å²) in [5.74, 6) is 0.595. The number of ether oxygens (including phenoxy) is 1. The zero-order valence-corrected chi connectivity index (χ0v) is 20.0. The monoisotopic (exact) mass is 466 g/mol. The number of hydrogen-bond donors (Lipinski definition) is 1. The summed E-state index contributed by atoms with van der Waals surface area (Å²) in [4.78, 5) is 15.6. The number of allylic oxidation sites excluding steroid dienone is 2. The van der Waals surface area contributed by atoms with Crippen molar-refractivity contribution in [1.29, 1.82) is 0 Å². The third-order valence-corrected chi connectivity index (χ3v) is 6.94. The van der Waals surface area contributed by atoms with Gasteiger partial charge in [0, 0.05) is 18.0 Å². The molecule has 1 N–H and O–H groups in total. The van der Waals surface area contributed by atoms with Crippen molar-refractivity contribution in [2.24, 2.45) is 5.92 Å². The van der Waals surface area contributed by atoms with E-state index in [1.165, 1.54) is 0 Å². The predicted octanol–water partition coefficient (Wildman–Crippen LogP) is 4.71. The minimum absolute atomic E-state index is 0.00714. The number of hydrogen-bond acceptors (Lipinski definition) is 3. The first-order valence-electron chi connectivity index (χ1n) is 11.7. The van der Waals surface area contributed by atoms with E-state index in [9.17, 15) is 9.18 Å². The summed E-state index contributed by atoms with van der Waals surface area (Å²) in [6.45, 7) is 3.19. The highest BCUT2D eigenvalue weighted by Gasteiger charge is 2.30. The fourth-order valence-electron chi connectivity index (χ4n) is 4.50. The second-order valence-electron chi connectivity index (χ2n) is 8.64. The number of benzene rings is 2. The highest BCUT2D eigenvalue weighted by Crippen LogP contribution is 2.32. The molecule has 1 amide bonds. The SMILES string of the molecule is O=C(NC(C1=CCCC=C1F)c1ccccc1P)C1CCN(CCOc2ccccc2)CC1. The molecule has 1 aliphatic heterocycles. The number of nitrogens with one attached hydrogen (secondary N) is 1. The molecule has 0 radical (unpaired) electrons. The van der Waals surface area contributed by atoms with Gasteiger partial charge in [-0.2, -0.15) is 0 Å². The van der Waals surface area contributed by atoms with Crippen molar-refractivity contribution in [3.63, 3.8) is 0 Å². The van der Waals surface area contributed by atoms with Gasteiger partial charge in [-0.15, -0.1) is 9.24 Å². The molecular formula is C27H32FN2O2P. The molecule has 4 rings (SSSR count). The van der Waals surface area contributed by atoms with Crippen LogP contribution in [0.2, 0.25) is 0 Å². The molecule has 1 saturated heterocycles. The van der Waals surface area contributed by atoms with E-state index >= 15 is 0 Å². The second-order valence-corrected chi connectivity index (χ2v) is 9.26. The van der Waals surface area contributed by atoms with Crippen LogP contribution < -0.4 is 15.4 Å². The average molecular weight is 467 g/mol. The molecular weight excluding hydrogens is 434 g/mol. The van der Waals surface area contributed by atoms with E-state index in [1.54, 1.807) is 6.08 Å². The number of amides is 1. The molecule has 1 heterocycles. The van der Waals surface area contributed by atoms with E-state index in [2.05, 4.69) is 19.5 Å². The third-order valence-electron chi connectivity index (χ3n) is 6.41. The Balaban J connectivity index is 1.34. The van der Waals surface area contributed by atoms with E-state index < -0.39 is 6.04 Å². The Kier molecular flexibility index (Phi) is 8.30. The largest absolute Gasteiger partial charge is 0.492 e. The van der Waals surface area contributed by atoms with Crippen molar-refractivity contribution in [1.82, 2.24) is 10.2 Å². The third kappa shape index (κ3) is 6.31. The van der Waals surface area contributed by atoms with Crippen LogP contribution in [0.25, 0.3) is 0 Å². The molecule has 4 nitrogen and oxygen atoms in total. The Hall–Kier alpha value is -2.49. The van der Waals surface area contributed by atoms with Crippen molar-refractivity contribution < 1.29 is 13.9 Å². The van der Waals surface area contributed by atoms with Crippen LogP contribution in [0.4, 0.5) is 4.39 Å². The fourth-order valence-corrected chi connectivity index (χ4v) is 4.88. The quantitative estimate of drug-likeness (QED) is 0.573. The Morgan fingerprint density at radius 2 is 1.76 bits per heavy atom. The summed E-state index contributed by atoms with van der Waals surface area (Å²) >= 11 is 0. The number of halogens is 1. The van der Waals surface area contributed by atoms with Crippen LogP contribution in [0.3, 0.4) is 0 Å². The zero-order chi connectivity index (χ0) is 23.0. The van der Waals surface area contributed by atoms with Crippen LogP contribution in [0, 0.1) is 5.92 Å². The molecule has 33 heavy (non-hydrogen) atoms. The molecule has 2 unspecified atom stereocenters. The van der Waals surface area contributed by atoms with Gasteiger partial charge in [0.1, 0.15) is 18.2 Å². The highest BCUT2D eigenvalue weighted by molar-refractivity contribution is 7.27. The first-order valence-corrected chi connectivity index (χ1v) is 12.3. The van der Waals surface area contributed by atoms with Crippen LogP contribution in [-0.2, 0) is 4.79 Å². The van der Waals surface area contributed by atoms with E-state index in [4.69, 9.17) is 4.74 Å². The van der Waals surface area contributed by atoms with Gasteiger partial charge in [-0.1, -0.05) is 48.5 Å². The van der Waals surface area contributed by atoms with Gasteiger partial charge in [0.05, 0.1) is 6.04 Å². The van der Waals surface area contributed by atoms with Crippen molar-refractivity contribution >= 4 is 20.5 Å². The van der Waals surface area contributed by atoms with Crippen LogP contribution >= 0.6 is 9.24 Å². The molecule has 1 aliphatic carbocycles. The maximum absolute atomic E-state index is 14.7. The average Bonchev–Trinajstić information content (AvgIpc) is 2.85. The first kappa shape index (κ1) is 23.7. The van der Waals surface area contributed by atoms with Gasteiger partial charge in [0.25, 0.3) is 0 Å². The highest BCUT2D eigenvalue weighted by atomic mass is 31.0. The van der Waals surface area contributed by atoms with Gasteiger partial charge in [0.15, 0.2) is 0 Å². The Labute approximate surface area is 198 Å². The molecule has 2 aliphatic rings. The van der Waals surface area contributed by atoms with E-state index in [1.807, 2.05) is 60.7 Å². The smallest absolute Gasteiger partial charge is 0.223 e. The van der Waals surface area contributed by atoms with Crippen molar-refractivity contribution in [3.8, 4) is 5.75 Å². The molecule has 1 fully saturated rings. The predicted molar refractivity (Wildman–Crippen MR) is 134 cm³/mol. The molecule has 2 atom stereocenters. The topological polar surface area (TPSA) is 41.6 Å². The fraction of sp³-hybridized carbons (Fsp3) is 0.370. The molecule has 0 bridgehead atoms. The maximum Gasteiger partial charge on any atom is 0.223 e. The summed E-state index contributed by atoms with van der Waals surface area (Å²) in [5.41, 5.74) is 1.49. The lowest BCUT2D eigenvalue weighted by atomic mass is 9.91. The van der Waals surface area contributed by atoms with Gasteiger partial charge in [0.2, 0.25) is 5.91 Å². The number of likely N-dealkylation sites (tertiary alicyclic amines) is 1. The number of para-hydroxylation sites is 1.